The minimum absolute atomic E-state index is 0. The Morgan fingerprint density at radius 2 is 2.16 bits per heavy atom. The van der Waals surface area contributed by atoms with E-state index in [1.54, 1.807) is 11.8 Å². The Bertz CT molecular complexity index is 419. The predicted octanol–water partition coefficient (Wildman–Crippen LogP) is 2.60. The topological polar surface area (TPSA) is 56.1 Å². The first kappa shape index (κ1) is 14.7. The number of hydrogen-bond donors (Lipinski definition) is 1. The molecule has 1 amide bonds. The van der Waals surface area contributed by atoms with Gasteiger partial charge in [-0.1, -0.05) is 11.8 Å². The summed E-state index contributed by atoms with van der Waals surface area (Å²) < 4.78 is 0. The number of likely N-dealkylation sites (tertiary alicyclic amines) is 1. The lowest BCUT2D eigenvalue weighted by Gasteiger charge is -2.31. The van der Waals surface area contributed by atoms with Crippen molar-refractivity contribution in [2.24, 2.45) is 10.9 Å². The molecule has 5 nitrogen and oxygen atoms in total. The molecule has 19 heavy (non-hydrogen) atoms. The molecule has 3 rings (SSSR count). The van der Waals surface area contributed by atoms with Gasteiger partial charge in [-0.3, -0.25) is 4.99 Å². The summed E-state index contributed by atoms with van der Waals surface area (Å²) in [5.41, 5.74) is 1.38. The van der Waals surface area contributed by atoms with E-state index >= 15 is 0 Å². The summed E-state index contributed by atoms with van der Waals surface area (Å²) in [6, 6.07) is 0. The van der Waals surface area contributed by atoms with Gasteiger partial charge in [-0.2, -0.15) is 0 Å². The van der Waals surface area contributed by atoms with Crippen molar-refractivity contribution in [1.82, 2.24) is 9.80 Å². The summed E-state index contributed by atoms with van der Waals surface area (Å²) in [4.78, 5) is 19.1. The number of amides is 1. The SMILES string of the molecule is Br.O=C(O)N1CCC(CC2=CSC3=NCCN23)CC1. The maximum atomic E-state index is 10.8. The molecular weight excluding hydrogens is 330 g/mol. The summed E-state index contributed by atoms with van der Waals surface area (Å²) in [5.74, 6) is 0.618. The van der Waals surface area contributed by atoms with Crippen LogP contribution in [0.5, 0.6) is 0 Å². The zero-order chi connectivity index (χ0) is 12.5. The quantitative estimate of drug-likeness (QED) is 0.834. The van der Waals surface area contributed by atoms with Crippen LogP contribution in [0.4, 0.5) is 4.79 Å². The van der Waals surface area contributed by atoms with Crippen molar-refractivity contribution in [2.45, 2.75) is 19.3 Å². The number of rotatable bonds is 2. The first-order valence-corrected chi connectivity index (χ1v) is 7.27. The molecule has 0 aromatic rings. The molecule has 0 saturated carbocycles. The molecule has 0 unspecified atom stereocenters. The van der Waals surface area contributed by atoms with E-state index in [0.717, 1.165) is 37.5 Å². The minimum Gasteiger partial charge on any atom is -0.465 e. The molecule has 0 radical (unpaired) electrons. The van der Waals surface area contributed by atoms with E-state index in [2.05, 4.69) is 15.3 Å². The molecule has 3 aliphatic rings. The Kier molecular flexibility index (Phi) is 4.78. The normalized spacial score (nSPS) is 22.7. The van der Waals surface area contributed by atoms with E-state index in [1.165, 1.54) is 10.6 Å². The molecule has 0 aromatic heterocycles. The fourth-order valence-electron chi connectivity index (χ4n) is 2.76. The molecule has 1 saturated heterocycles. The number of carboxylic acid groups (broad SMARTS) is 1. The Hall–Kier alpha value is -0.690. The van der Waals surface area contributed by atoms with Crippen LogP contribution in [-0.4, -0.2) is 52.3 Å². The summed E-state index contributed by atoms with van der Waals surface area (Å²) >= 11 is 1.72. The Morgan fingerprint density at radius 1 is 1.42 bits per heavy atom. The zero-order valence-corrected chi connectivity index (χ0v) is 13.1. The number of carbonyl (C=O) groups is 1. The number of amidine groups is 1. The molecular formula is C12H18BrN3O2S. The van der Waals surface area contributed by atoms with Gasteiger partial charge < -0.3 is 14.9 Å². The first-order valence-electron chi connectivity index (χ1n) is 6.39. The van der Waals surface area contributed by atoms with Gasteiger partial charge in [0.05, 0.1) is 6.54 Å². The summed E-state index contributed by atoms with van der Waals surface area (Å²) in [6.45, 7) is 3.29. The molecule has 3 heterocycles. The van der Waals surface area contributed by atoms with E-state index in [-0.39, 0.29) is 17.0 Å². The second-order valence-electron chi connectivity index (χ2n) is 4.96. The van der Waals surface area contributed by atoms with E-state index in [1.807, 2.05) is 0 Å². The highest BCUT2D eigenvalue weighted by atomic mass is 79.9. The lowest BCUT2D eigenvalue weighted by atomic mass is 9.92. The number of piperidine rings is 1. The average Bonchev–Trinajstić information content (AvgIpc) is 2.95. The Morgan fingerprint density at radius 3 is 2.84 bits per heavy atom. The van der Waals surface area contributed by atoms with Crippen molar-refractivity contribution in [2.75, 3.05) is 26.2 Å². The maximum absolute atomic E-state index is 10.8. The minimum atomic E-state index is -0.780. The maximum Gasteiger partial charge on any atom is 0.407 e. The van der Waals surface area contributed by atoms with Crippen LogP contribution in [0, 0.1) is 5.92 Å². The van der Waals surface area contributed by atoms with E-state index < -0.39 is 6.09 Å². The van der Waals surface area contributed by atoms with Crippen LogP contribution in [0.15, 0.2) is 16.1 Å². The third-order valence-corrected chi connectivity index (χ3v) is 4.78. The smallest absolute Gasteiger partial charge is 0.407 e. The average molecular weight is 348 g/mol. The summed E-state index contributed by atoms with van der Waals surface area (Å²) in [5, 5.41) is 12.3. The van der Waals surface area contributed by atoms with Gasteiger partial charge in [-0.05, 0) is 30.6 Å². The van der Waals surface area contributed by atoms with Gasteiger partial charge in [0.15, 0.2) is 5.17 Å². The van der Waals surface area contributed by atoms with Gasteiger partial charge in [0.2, 0.25) is 0 Å². The summed E-state index contributed by atoms with van der Waals surface area (Å²) in [7, 11) is 0. The van der Waals surface area contributed by atoms with Crippen LogP contribution in [0.2, 0.25) is 0 Å². The number of hydrogen-bond acceptors (Lipinski definition) is 4. The predicted molar refractivity (Wildman–Crippen MR) is 81.9 cm³/mol. The van der Waals surface area contributed by atoms with Crippen molar-refractivity contribution in [3.63, 3.8) is 0 Å². The van der Waals surface area contributed by atoms with Crippen molar-refractivity contribution < 1.29 is 9.90 Å². The van der Waals surface area contributed by atoms with Crippen molar-refractivity contribution >= 4 is 40.0 Å². The van der Waals surface area contributed by atoms with E-state index in [4.69, 9.17) is 5.11 Å². The third kappa shape index (κ3) is 3.08. The van der Waals surface area contributed by atoms with Crippen LogP contribution < -0.4 is 0 Å². The van der Waals surface area contributed by atoms with Gasteiger partial charge in [-0.25, -0.2) is 4.79 Å². The summed E-state index contributed by atoms with van der Waals surface area (Å²) in [6.07, 6.45) is 2.25. The number of allylic oxidation sites excluding steroid dienone is 1. The molecule has 0 aliphatic carbocycles. The lowest BCUT2D eigenvalue weighted by Crippen LogP contribution is -2.38. The number of fused-ring (bicyclic) bond motifs is 1. The van der Waals surface area contributed by atoms with Crippen LogP contribution in [0.1, 0.15) is 19.3 Å². The van der Waals surface area contributed by atoms with Crippen LogP contribution in [0.3, 0.4) is 0 Å². The molecule has 1 fully saturated rings. The highest BCUT2D eigenvalue weighted by Crippen LogP contribution is 2.34. The molecule has 0 bridgehead atoms. The van der Waals surface area contributed by atoms with Gasteiger partial charge >= 0.3 is 6.09 Å². The number of thioether (sulfide) groups is 1. The first-order chi connectivity index (χ1) is 8.74. The molecule has 3 aliphatic heterocycles. The van der Waals surface area contributed by atoms with Gasteiger partial charge in [-0.15, -0.1) is 17.0 Å². The van der Waals surface area contributed by atoms with Crippen LogP contribution in [-0.2, 0) is 0 Å². The number of aliphatic imine (C=N–C) groups is 1. The fourth-order valence-corrected chi connectivity index (χ4v) is 3.73. The zero-order valence-electron chi connectivity index (χ0n) is 10.6. The second kappa shape index (κ2) is 6.17. The number of halogens is 1. The second-order valence-corrected chi connectivity index (χ2v) is 5.80. The largest absolute Gasteiger partial charge is 0.465 e. The third-order valence-electron chi connectivity index (χ3n) is 3.83. The van der Waals surface area contributed by atoms with Crippen LogP contribution >= 0.6 is 28.7 Å². The standard InChI is InChI=1S/C12H17N3O2S.BrH/c16-12(17)14-4-1-9(2-5-14)7-10-8-18-11-13-3-6-15(10)11;/h8-9H,1-7H2,(H,16,17);1H. The highest BCUT2D eigenvalue weighted by Gasteiger charge is 2.29. The molecule has 0 atom stereocenters. The highest BCUT2D eigenvalue weighted by molar-refractivity contribution is 8.93. The molecule has 7 heteroatoms. The monoisotopic (exact) mass is 347 g/mol. The van der Waals surface area contributed by atoms with E-state index in [9.17, 15) is 4.79 Å². The van der Waals surface area contributed by atoms with E-state index in [0.29, 0.717) is 19.0 Å². The molecule has 1 N–H and O–H groups in total. The molecule has 0 spiro atoms. The van der Waals surface area contributed by atoms with Crippen molar-refractivity contribution in [3.05, 3.63) is 11.1 Å². The van der Waals surface area contributed by atoms with Gasteiger partial charge in [0, 0.05) is 25.3 Å². The Balaban J connectivity index is 0.00000133. The van der Waals surface area contributed by atoms with Crippen molar-refractivity contribution in [1.29, 1.82) is 0 Å². The Labute approximate surface area is 127 Å². The van der Waals surface area contributed by atoms with Gasteiger partial charge in [0.25, 0.3) is 0 Å². The van der Waals surface area contributed by atoms with Crippen molar-refractivity contribution in [3.8, 4) is 0 Å². The lowest BCUT2D eigenvalue weighted by molar-refractivity contribution is 0.124. The number of nitrogens with zero attached hydrogens (tertiary/aromatic N) is 3. The van der Waals surface area contributed by atoms with Crippen LogP contribution in [0.25, 0.3) is 0 Å². The van der Waals surface area contributed by atoms with Gasteiger partial charge in [0.1, 0.15) is 0 Å². The molecule has 0 aromatic carbocycles. The fraction of sp³-hybridized carbons (Fsp3) is 0.667. The molecule has 106 valence electrons.